The van der Waals surface area contributed by atoms with Gasteiger partial charge in [0, 0.05) is 26.2 Å². The molecule has 0 saturated carbocycles. The predicted molar refractivity (Wildman–Crippen MR) is 127 cm³/mol. The zero-order valence-electron chi connectivity index (χ0n) is 19.8. The summed E-state index contributed by atoms with van der Waals surface area (Å²) in [7, 11) is 0. The van der Waals surface area contributed by atoms with Gasteiger partial charge in [-0.25, -0.2) is 0 Å². The molecule has 0 bridgehead atoms. The molecule has 10 heteroatoms. The Morgan fingerprint density at radius 1 is 1.00 bits per heavy atom. The Balaban J connectivity index is 1.50. The standard InChI is InChI=1S/C26H29F3N4O3/c27-26(28,29)21-8-4-7-20(13-21)15-33-22(10-9-19-5-2-1-3-6-19)16-32(18-25(33)36)24(35)17-31-12-11-30-14-23(31)34/h1-8,13,22,30H,9-12,14-18H2/t22-/m0/s1. The summed E-state index contributed by atoms with van der Waals surface area (Å²) in [6.45, 7) is 1.23. The number of nitrogens with zero attached hydrogens (tertiary/aromatic N) is 3. The molecule has 2 aliphatic heterocycles. The average Bonchev–Trinajstić information content (AvgIpc) is 2.86. The van der Waals surface area contributed by atoms with Gasteiger partial charge in [0.05, 0.1) is 31.2 Å². The molecule has 1 N–H and O–H groups in total. The molecule has 2 aromatic carbocycles. The first-order valence-corrected chi connectivity index (χ1v) is 12.0. The van der Waals surface area contributed by atoms with Crippen LogP contribution in [0.25, 0.3) is 0 Å². The Kier molecular flexibility index (Phi) is 7.93. The summed E-state index contributed by atoms with van der Waals surface area (Å²) < 4.78 is 39.6. The number of rotatable bonds is 7. The van der Waals surface area contributed by atoms with Crippen LogP contribution < -0.4 is 5.32 Å². The van der Waals surface area contributed by atoms with E-state index in [1.807, 2.05) is 30.3 Å². The van der Waals surface area contributed by atoms with E-state index in [2.05, 4.69) is 5.32 Å². The fraction of sp³-hybridized carbons (Fsp3) is 0.423. The fourth-order valence-corrected chi connectivity index (χ4v) is 4.63. The normalized spacial score (nSPS) is 19.1. The molecule has 2 aromatic rings. The topological polar surface area (TPSA) is 73.0 Å². The average molecular weight is 503 g/mol. The maximum Gasteiger partial charge on any atom is 0.416 e. The summed E-state index contributed by atoms with van der Waals surface area (Å²) in [6, 6.07) is 14.3. The molecule has 0 radical (unpaired) electrons. The van der Waals surface area contributed by atoms with Crippen LogP contribution in [0.2, 0.25) is 0 Å². The highest BCUT2D eigenvalue weighted by Crippen LogP contribution is 2.30. The van der Waals surface area contributed by atoms with Crippen LogP contribution in [0.15, 0.2) is 54.6 Å². The van der Waals surface area contributed by atoms with Crippen molar-refractivity contribution in [3.05, 3.63) is 71.3 Å². The van der Waals surface area contributed by atoms with Crippen molar-refractivity contribution < 1.29 is 27.6 Å². The van der Waals surface area contributed by atoms with Crippen LogP contribution in [-0.4, -0.2) is 77.7 Å². The Labute approximate surface area is 207 Å². The second-order valence-electron chi connectivity index (χ2n) is 9.16. The summed E-state index contributed by atoms with van der Waals surface area (Å²) in [6.07, 6.45) is -3.28. The van der Waals surface area contributed by atoms with Gasteiger partial charge in [0.2, 0.25) is 17.7 Å². The maximum absolute atomic E-state index is 13.2. The van der Waals surface area contributed by atoms with Crippen molar-refractivity contribution in [1.82, 2.24) is 20.0 Å². The summed E-state index contributed by atoms with van der Waals surface area (Å²) >= 11 is 0. The van der Waals surface area contributed by atoms with Gasteiger partial charge in [-0.05, 0) is 36.1 Å². The largest absolute Gasteiger partial charge is 0.416 e. The van der Waals surface area contributed by atoms with Crippen molar-refractivity contribution in [3.63, 3.8) is 0 Å². The van der Waals surface area contributed by atoms with E-state index in [9.17, 15) is 27.6 Å². The van der Waals surface area contributed by atoms with Crippen LogP contribution in [0.4, 0.5) is 13.2 Å². The molecule has 0 aliphatic carbocycles. The van der Waals surface area contributed by atoms with Crippen molar-refractivity contribution in [2.24, 2.45) is 0 Å². The van der Waals surface area contributed by atoms with Gasteiger partial charge in [-0.1, -0.05) is 42.5 Å². The zero-order valence-corrected chi connectivity index (χ0v) is 19.8. The molecule has 192 valence electrons. The second-order valence-corrected chi connectivity index (χ2v) is 9.16. The van der Waals surface area contributed by atoms with E-state index in [1.165, 1.54) is 15.9 Å². The number of amides is 3. The Morgan fingerprint density at radius 2 is 1.75 bits per heavy atom. The van der Waals surface area contributed by atoms with Gasteiger partial charge >= 0.3 is 6.18 Å². The van der Waals surface area contributed by atoms with Gasteiger partial charge in [0.1, 0.15) is 0 Å². The molecule has 7 nitrogen and oxygen atoms in total. The first-order valence-electron chi connectivity index (χ1n) is 12.0. The molecular weight excluding hydrogens is 473 g/mol. The molecule has 2 saturated heterocycles. The van der Waals surface area contributed by atoms with Crippen molar-refractivity contribution in [2.75, 3.05) is 39.3 Å². The molecule has 4 rings (SSSR count). The number of hydrogen-bond donors (Lipinski definition) is 1. The first-order chi connectivity index (χ1) is 17.2. The van der Waals surface area contributed by atoms with Gasteiger partial charge in [-0.15, -0.1) is 0 Å². The van der Waals surface area contributed by atoms with Crippen LogP contribution in [0.1, 0.15) is 23.1 Å². The summed E-state index contributed by atoms with van der Waals surface area (Å²) in [5, 5.41) is 2.96. The van der Waals surface area contributed by atoms with E-state index in [-0.39, 0.29) is 56.5 Å². The van der Waals surface area contributed by atoms with Gasteiger partial charge in [0.25, 0.3) is 0 Å². The minimum absolute atomic E-state index is 0.0283. The van der Waals surface area contributed by atoms with Crippen molar-refractivity contribution in [1.29, 1.82) is 0 Å². The molecule has 2 fully saturated rings. The van der Waals surface area contributed by atoms with Gasteiger partial charge in [-0.3, -0.25) is 14.4 Å². The summed E-state index contributed by atoms with van der Waals surface area (Å²) in [4.78, 5) is 42.8. The van der Waals surface area contributed by atoms with Crippen LogP contribution in [-0.2, 0) is 33.5 Å². The van der Waals surface area contributed by atoms with Crippen molar-refractivity contribution in [3.8, 4) is 0 Å². The number of alkyl halides is 3. The third-order valence-electron chi connectivity index (χ3n) is 6.60. The van der Waals surface area contributed by atoms with Gasteiger partial charge in [0.15, 0.2) is 0 Å². The van der Waals surface area contributed by atoms with Crippen LogP contribution >= 0.6 is 0 Å². The lowest BCUT2D eigenvalue weighted by atomic mass is 10.00. The van der Waals surface area contributed by atoms with E-state index >= 15 is 0 Å². The van der Waals surface area contributed by atoms with E-state index in [4.69, 9.17) is 0 Å². The number of benzene rings is 2. The van der Waals surface area contributed by atoms with Crippen LogP contribution in [0, 0.1) is 0 Å². The fourth-order valence-electron chi connectivity index (χ4n) is 4.63. The lowest BCUT2D eigenvalue weighted by Crippen LogP contribution is -2.59. The number of hydrogen-bond acceptors (Lipinski definition) is 4. The van der Waals surface area contributed by atoms with Crippen molar-refractivity contribution >= 4 is 17.7 Å². The smallest absolute Gasteiger partial charge is 0.332 e. The monoisotopic (exact) mass is 502 g/mol. The molecule has 3 amide bonds. The molecule has 2 heterocycles. The summed E-state index contributed by atoms with van der Waals surface area (Å²) in [5.74, 6) is -0.788. The first kappa shape index (κ1) is 25.7. The quantitative estimate of drug-likeness (QED) is 0.631. The second kappa shape index (κ2) is 11.1. The molecular formula is C26H29F3N4O3. The number of carbonyl (C=O) groups is 3. The molecule has 0 aromatic heterocycles. The van der Waals surface area contributed by atoms with E-state index in [0.717, 1.165) is 17.7 Å². The predicted octanol–water partition coefficient (Wildman–Crippen LogP) is 2.31. The highest BCUT2D eigenvalue weighted by atomic mass is 19.4. The molecule has 0 unspecified atom stereocenters. The third kappa shape index (κ3) is 6.42. The van der Waals surface area contributed by atoms with E-state index in [0.29, 0.717) is 31.5 Å². The van der Waals surface area contributed by atoms with E-state index < -0.39 is 11.7 Å². The number of aryl methyl sites for hydroxylation is 1. The molecule has 36 heavy (non-hydrogen) atoms. The SMILES string of the molecule is O=C1CNCCN1CC(=O)N1CC(=O)N(Cc2cccc(C(F)(F)F)c2)[C@@H](CCc2ccccc2)C1. The molecule has 2 aliphatic rings. The minimum atomic E-state index is -4.47. The van der Waals surface area contributed by atoms with Crippen LogP contribution in [0.3, 0.4) is 0 Å². The molecule has 0 spiro atoms. The van der Waals surface area contributed by atoms with Gasteiger partial charge in [-0.2, -0.15) is 13.2 Å². The van der Waals surface area contributed by atoms with Crippen molar-refractivity contribution in [2.45, 2.75) is 31.6 Å². The van der Waals surface area contributed by atoms with Crippen LogP contribution in [0.5, 0.6) is 0 Å². The Bertz CT molecular complexity index is 1090. The minimum Gasteiger partial charge on any atom is -0.332 e. The number of carbonyl (C=O) groups excluding carboxylic acids is 3. The number of halogens is 3. The highest BCUT2D eigenvalue weighted by molar-refractivity contribution is 5.90. The summed E-state index contributed by atoms with van der Waals surface area (Å²) in [5.41, 5.74) is 0.690. The molecule has 1 atom stereocenters. The third-order valence-corrected chi connectivity index (χ3v) is 6.60. The Hall–Kier alpha value is -3.40. The highest BCUT2D eigenvalue weighted by Gasteiger charge is 2.36. The lowest BCUT2D eigenvalue weighted by molar-refractivity contribution is -0.151. The van der Waals surface area contributed by atoms with Gasteiger partial charge < -0.3 is 20.0 Å². The zero-order chi connectivity index (χ0) is 25.7. The Morgan fingerprint density at radius 3 is 2.47 bits per heavy atom. The van der Waals surface area contributed by atoms with E-state index in [1.54, 1.807) is 11.0 Å². The lowest BCUT2D eigenvalue weighted by Gasteiger charge is -2.42. The maximum atomic E-state index is 13.2. The number of nitrogens with one attached hydrogen (secondary N) is 1. The number of piperazine rings is 2.